The van der Waals surface area contributed by atoms with Gasteiger partial charge in [-0.15, -0.1) is 0 Å². The van der Waals surface area contributed by atoms with Gasteiger partial charge in [-0.2, -0.15) is 4.39 Å². The van der Waals surface area contributed by atoms with Crippen molar-refractivity contribution in [2.24, 2.45) is 11.8 Å². The minimum absolute atomic E-state index is 0.0392. The smallest absolute Gasteiger partial charge is 0.200 e. The highest BCUT2D eigenvalue weighted by Crippen LogP contribution is 2.44. The Morgan fingerprint density at radius 3 is 2.21 bits per heavy atom. The van der Waals surface area contributed by atoms with Gasteiger partial charge in [0.15, 0.2) is 11.6 Å². The Labute approximate surface area is 171 Å². The molecule has 0 amide bonds. The van der Waals surface area contributed by atoms with Gasteiger partial charge in [0.25, 0.3) is 0 Å². The van der Waals surface area contributed by atoms with E-state index in [-0.39, 0.29) is 11.7 Å². The van der Waals surface area contributed by atoms with Crippen LogP contribution in [0.4, 0.5) is 8.78 Å². The normalized spacial score (nSPS) is 28.3. The maximum absolute atomic E-state index is 14.5. The number of rotatable bonds is 8. The molecular formula is C24H38F2OSi. The van der Waals surface area contributed by atoms with E-state index in [9.17, 15) is 8.78 Å². The molecule has 1 heterocycles. The number of hydrogen-bond acceptors (Lipinski definition) is 1. The van der Waals surface area contributed by atoms with Gasteiger partial charge in [0, 0.05) is 8.80 Å². The summed E-state index contributed by atoms with van der Waals surface area (Å²) in [6.45, 7) is 4.43. The highest BCUT2D eigenvalue weighted by atomic mass is 28.3. The summed E-state index contributed by atoms with van der Waals surface area (Å²) in [6, 6.07) is 8.02. The summed E-state index contributed by atoms with van der Waals surface area (Å²) in [7, 11) is -0.439. The minimum atomic E-state index is -0.812. The molecule has 0 N–H and O–H groups in total. The first kappa shape index (κ1) is 21.8. The molecule has 3 rings (SSSR count). The van der Waals surface area contributed by atoms with Crippen molar-refractivity contribution >= 4 is 8.80 Å². The molecule has 0 atom stereocenters. The summed E-state index contributed by atoms with van der Waals surface area (Å²) in [6.07, 6.45) is 11.5. The second-order valence-corrected chi connectivity index (χ2v) is 12.6. The van der Waals surface area contributed by atoms with Crippen molar-refractivity contribution in [2.45, 2.75) is 95.7 Å². The van der Waals surface area contributed by atoms with Crippen LogP contribution >= 0.6 is 0 Å². The number of benzene rings is 1. The van der Waals surface area contributed by atoms with Crippen molar-refractivity contribution in [1.82, 2.24) is 0 Å². The van der Waals surface area contributed by atoms with Gasteiger partial charge in [-0.05, 0) is 62.0 Å². The van der Waals surface area contributed by atoms with Crippen molar-refractivity contribution < 1.29 is 13.5 Å². The van der Waals surface area contributed by atoms with Crippen molar-refractivity contribution in [2.75, 3.05) is 6.61 Å². The lowest BCUT2D eigenvalue weighted by molar-refractivity contribution is 0.214. The monoisotopic (exact) mass is 408 g/mol. The molecule has 1 nitrogen and oxygen atoms in total. The summed E-state index contributed by atoms with van der Waals surface area (Å²) < 4.78 is 33.9. The van der Waals surface area contributed by atoms with Gasteiger partial charge in [0.1, 0.15) is 0 Å². The van der Waals surface area contributed by atoms with Gasteiger partial charge >= 0.3 is 0 Å². The summed E-state index contributed by atoms with van der Waals surface area (Å²) in [5, 5.41) is 0. The van der Waals surface area contributed by atoms with E-state index >= 15 is 0 Å². The zero-order chi connectivity index (χ0) is 19.9. The Kier molecular flexibility index (Phi) is 8.37. The Morgan fingerprint density at radius 1 is 0.893 bits per heavy atom. The van der Waals surface area contributed by atoms with E-state index < -0.39 is 20.4 Å². The summed E-state index contributed by atoms with van der Waals surface area (Å²) in [5.74, 6) is 0.425. The first-order chi connectivity index (χ1) is 13.6. The molecule has 1 aliphatic carbocycles. The molecule has 4 heteroatoms. The van der Waals surface area contributed by atoms with Crippen molar-refractivity contribution in [1.29, 1.82) is 0 Å². The molecule has 0 bridgehead atoms. The summed E-state index contributed by atoms with van der Waals surface area (Å²) in [4.78, 5) is 0. The van der Waals surface area contributed by atoms with E-state index in [1.807, 2.05) is 0 Å². The SMILES string of the molecule is CCCCC[SiH]1CCC([C@H]2CC[C@H](c3ccc(OCC)c(F)c3F)CC2)CC1. The second-order valence-electron chi connectivity index (χ2n) is 9.10. The summed E-state index contributed by atoms with van der Waals surface area (Å²) >= 11 is 0. The number of ether oxygens (including phenoxy) is 1. The average Bonchev–Trinajstić information content (AvgIpc) is 2.73. The zero-order valence-electron chi connectivity index (χ0n) is 17.8. The van der Waals surface area contributed by atoms with Crippen molar-refractivity contribution in [3.05, 3.63) is 29.3 Å². The Bertz CT molecular complexity index is 605. The van der Waals surface area contributed by atoms with Crippen molar-refractivity contribution in [3.8, 4) is 5.75 Å². The van der Waals surface area contributed by atoms with Crippen LogP contribution in [-0.4, -0.2) is 15.4 Å². The van der Waals surface area contributed by atoms with Gasteiger partial charge in [-0.1, -0.05) is 63.2 Å². The van der Waals surface area contributed by atoms with Gasteiger partial charge in [0.2, 0.25) is 5.82 Å². The van der Waals surface area contributed by atoms with E-state index in [0.29, 0.717) is 12.2 Å². The minimum Gasteiger partial charge on any atom is -0.491 e. The molecule has 0 aromatic heterocycles. The molecule has 0 radical (unpaired) electrons. The predicted octanol–water partition coefficient (Wildman–Crippen LogP) is 7.46. The third-order valence-electron chi connectivity index (χ3n) is 7.36. The molecule has 2 aliphatic rings. The maximum atomic E-state index is 14.5. The first-order valence-corrected chi connectivity index (χ1v) is 14.2. The zero-order valence-corrected chi connectivity index (χ0v) is 19.0. The lowest BCUT2D eigenvalue weighted by Gasteiger charge is -2.37. The van der Waals surface area contributed by atoms with Crippen LogP contribution in [0.1, 0.15) is 83.1 Å². The third kappa shape index (κ3) is 5.37. The van der Waals surface area contributed by atoms with E-state index in [4.69, 9.17) is 4.74 Å². The van der Waals surface area contributed by atoms with Gasteiger partial charge in [-0.25, -0.2) is 4.39 Å². The van der Waals surface area contributed by atoms with E-state index in [1.54, 1.807) is 37.2 Å². The molecule has 28 heavy (non-hydrogen) atoms. The van der Waals surface area contributed by atoms with Crippen LogP contribution in [0.3, 0.4) is 0 Å². The van der Waals surface area contributed by atoms with Crippen molar-refractivity contribution in [3.63, 3.8) is 0 Å². The number of halogens is 2. The molecule has 0 spiro atoms. The van der Waals surface area contributed by atoms with E-state index in [0.717, 1.165) is 24.7 Å². The predicted molar refractivity (Wildman–Crippen MR) is 116 cm³/mol. The second kappa shape index (κ2) is 10.8. The molecule has 158 valence electrons. The Morgan fingerprint density at radius 2 is 1.57 bits per heavy atom. The van der Waals surface area contributed by atoms with Crippen LogP contribution in [0.25, 0.3) is 0 Å². The lowest BCUT2D eigenvalue weighted by atomic mass is 9.72. The summed E-state index contributed by atoms with van der Waals surface area (Å²) in [5.41, 5.74) is 0.562. The fourth-order valence-electron chi connectivity index (χ4n) is 5.66. The Hall–Kier alpha value is -0.903. The Balaban J connectivity index is 1.48. The lowest BCUT2D eigenvalue weighted by Crippen LogP contribution is -2.28. The van der Waals surface area contributed by atoms with Gasteiger partial charge < -0.3 is 4.74 Å². The molecule has 1 saturated carbocycles. The third-order valence-corrected chi connectivity index (χ3v) is 10.9. The quantitative estimate of drug-likeness (QED) is 0.320. The maximum Gasteiger partial charge on any atom is 0.200 e. The molecule has 2 fully saturated rings. The average molecular weight is 409 g/mol. The van der Waals surface area contributed by atoms with Crippen LogP contribution < -0.4 is 4.74 Å². The van der Waals surface area contributed by atoms with Crippen LogP contribution in [0, 0.1) is 23.5 Å². The fourth-order valence-corrected chi connectivity index (χ4v) is 9.19. The highest BCUT2D eigenvalue weighted by Gasteiger charge is 2.32. The first-order valence-electron chi connectivity index (χ1n) is 11.7. The molecular weight excluding hydrogens is 370 g/mol. The van der Waals surface area contributed by atoms with Crippen LogP contribution in [0.5, 0.6) is 5.75 Å². The van der Waals surface area contributed by atoms with E-state index in [2.05, 4.69) is 6.92 Å². The number of unbranched alkanes of at least 4 members (excludes halogenated alkanes) is 2. The molecule has 1 aliphatic heterocycles. The molecule has 1 aromatic rings. The molecule has 1 aromatic carbocycles. The van der Waals surface area contributed by atoms with Crippen LogP contribution in [0.2, 0.25) is 18.1 Å². The van der Waals surface area contributed by atoms with Gasteiger partial charge in [0.05, 0.1) is 6.61 Å². The fraction of sp³-hybridized carbons (Fsp3) is 0.750. The van der Waals surface area contributed by atoms with Crippen LogP contribution in [-0.2, 0) is 0 Å². The topological polar surface area (TPSA) is 9.23 Å². The van der Waals surface area contributed by atoms with Gasteiger partial charge in [-0.3, -0.25) is 0 Å². The highest BCUT2D eigenvalue weighted by molar-refractivity contribution is 6.58. The molecule has 1 saturated heterocycles. The largest absolute Gasteiger partial charge is 0.491 e. The standard InChI is InChI=1S/C24H38F2OSi/c1-3-5-6-15-28-16-13-19(14-17-28)18-7-9-20(10-8-18)21-11-12-22(27-4-2)24(26)23(21)25/h11-12,18-20,28H,3-10,13-17H2,1-2H3/t18-,19?,20-,28?. The van der Waals surface area contributed by atoms with E-state index in [1.165, 1.54) is 44.9 Å². The number of hydrogen-bond donors (Lipinski definition) is 0. The molecule has 0 unspecified atom stereocenters. The van der Waals surface area contributed by atoms with Crippen LogP contribution in [0.15, 0.2) is 12.1 Å².